The van der Waals surface area contributed by atoms with Gasteiger partial charge in [0.1, 0.15) is 41.6 Å². The quantitative estimate of drug-likeness (QED) is 0.0408. The molecule has 7 atom stereocenters. The lowest BCUT2D eigenvalue weighted by atomic mass is 9.83. The number of amides is 7. The molecule has 18 N–H and O–H groups in total. The molecule has 1 fully saturated rings. The molecule has 24 nitrogen and oxygen atoms in total. The number of nitrogens with two attached hydrogens (primary N) is 6. The average molecular weight is 1070 g/mol. The molecule has 4 rings (SSSR count). The number of carbonyl (C=O) groups excluding carboxylic acids is 10. The van der Waals surface area contributed by atoms with Crippen LogP contribution in [0.2, 0.25) is 0 Å². The van der Waals surface area contributed by atoms with Gasteiger partial charge in [0.25, 0.3) is 0 Å². The second-order valence-electron chi connectivity index (χ2n) is 19.3. The number of nitrogens with zero attached hydrogens (tertiary/aromatic N) is 2. The maximum Gasteiger partial charge on any atom is 0.243 e. The Kier molecular flexibility index (Phi) is 24.6. The van der Waals surface area contributed by atoms with E-state index < -0.39 is 126 Å². The largest absolute Gasteiger partial charge is 0.370 e. The van der Waals surface area contributed by atoms with Crippen molar-refractivity contribution in [3.63, 3.8) is 0 Å². The summed E-state index contributed by atoms with van der Waals surface area (Å²) in [5.74, 6) is -10.5. The molecule has 0 bridgehead atoms. The summed E-state index contributed by atoms with van der Waals surface area (Å²) >= 11 is 0. The Bertz CT molecular complexity index is 2630. The number of aromatic nitrogens is 1. The van der Waals surface area contributed by atoms with Crippen LogP contribution in [0.5, 0.6) is 0 Å². The van der Waals surface area contributed by atoms with E-state index in [1.165, 1.54) is 19.1 Å². The molecule has 3 aromatic rings. The Morgan fingerprint density at radius 2 is 1.38 bits per heavy atom. The number of Topliss-reactive ketones (excluding diaryl/α,β-unsaturated/α-hetero) is 3. The van der Waals surface area contributed by atoms with Crippen molar-refractivity contribution < 1.29 is 52.3 Å². The van der Waals surface area contributed by atoms with E-state index in [1.54, 1.807) is 6.20 Å². The van der Waals surface area contributed by atoms with Crippen LogP contribution in [0.1, 0.15) is 108 Å². The molecule has 0 spiro atoms. The molecule has 0 unspecified atom stereocenters. The van der Waals surface area contributed by atoms with Crippen LogP contribution >= 0.6 is 0 Å². The lowest BCUT2D eigenvalue weighted by molar-refractivity contribution is -0.136. The zero-order chi connectivity index (χ0) is 56.6. The van der Waals surface area contributed by atoms with Gasteiger partial charge in [0.2, 0.25) is 41.4 Å². The molecule has 2 heterocycles. The van der Waals surface area contributed by atoms with Gasteiger partial charge in [-0.3, -0.25) is 57.9 Å². The maximum absolute atomic E-state index is 14.8. The third kappa shape index (κ3) is 21.5. The molecule has 0 saturated carbocycles. The van der Waals surface area contributed by atoms with E-state index in [9.17, 15) is 52.3 Å². The summed E-state index contributed by atoms with van der Waals surface area (Å²) in [6.07, 6.45) is -0.0107. The fourth-order valence-electron chi connectivity index (χ4n) is 8.98. The van der Waals surface area contributed by atoms with Crippen molar-refractivity contribution in [1.82, 2.24) is 31.6 Å². The van der Waals surface area contributed by atoms with E-state index in [0.717, 1.165) is 23.0 Å². The zero-order valence-corrected chi connectivity index (χ0v) is 43.3. The zero-order valence-electron chi connectivity index (χ0n) is 43.3. The monoisotopic (exact) mass is 1070 g/mol. The highest BCUT2D eigenvalue weighted by molar-refractivity contribution is 5.98. The second-order valence-corrected chi connectivity index (χ2v) is 19.3. The number of benzene rings is 2. The molecule has 1 aliphatic heterocycles. The summed E-state index contributed by atoms with van der Waals surface area (Å²) in [7, 11) is 0. The van der Waals surface area contributed by atoms with Gasteiger partial charge >= 0.3 is 0 Å². The highest BCUT2D eigenvalue weighted by Gasteiger charge is 2.35. The van der Waals surface area contributed by atoms with E-state index in [2.05, 4.69) is 41.6 Å². The van der Waals surface area contributed by atoms with Gasteiger partial charge in [0.05, 0.1) is 6.04 Å². The van der Waals surface area contributed by atoms with Gasteiger partial charge in [-0.1, -0.05) is 36.8 Å². The molecule has 2 aromatic carbocycles. The van der Waals surface area contributed by atoms with E-state index in [0.29, 0.717) is 11.1 Å². The number of para-hydroxylation sites is 1. The molecule has 7 amide bonds. The second kappa shape index (κ2) is 31.0. The fourth-order valence-corrected chi connectivity index (χ4v) is 8.98. The number of aliphatic imine (C=N–C) groups is 2. The first kappa shape index (κ1) is 61.3. The van der Waals surface area contributed by atoms with Crippen molar-refractivity contribution in [2.24, 2.45) is 56.2 Å². The number of fused-ring (bicyclic) bond motifs is 1. The van der Waals surface area contributed by atoms with Crippen LogP contribution in [0, 0.1) is 17.7 Å². The van der Waals surface area contributed by atoms with Crippen LogP contribution < -0.4 is 61.0 Å². The highest BCUT2D eigenvalue weighted by atomic mass is 19.1. The van der Waals surface area contributed by atoms with Crippen molar-refractivity contribution in [3.8, 4) is 0 Å². The van der Waals surface area contributed by atoms with Gasteiger partial charge in [0, 0.05) is 81.1 Å². The minimum absolute atomic E-state index is 0.0159. The number of guanidine groups is 2. The topological polar surface area (TPSA) is 427 Å². The summed E-state index contributed by atoms with van der Waals surface area (Å²) in [6, 6.07) is 5.39. The van der Waals surface area contributed by atoms with Crippen molar-refractivity contribution in [1.29, 1.82) is 0 Å². The number of halogens is 1. The first-order valence-electron chi connectivity index (χ1n) is 25.6. The number of H-pyrrole nitrogens is 1. The normalized spacial score (nSPS) is 21.1. The number of ketones is 3. The van der Waals surface area contributed by atoms with Crippen LogP contribution in [0.4, 0.5) is 4.39 Å². The first-order chi connectivity index (χ1) is 36.6. The molecule has 1 aromatic heterocycles. The van der Waals surface area contributed by atoms with Crippen molar-refractivity contribution >= 4 is 81.5 Å². The fraction of sp³-hybridized carbons (Fsp3) is 0.500. The van der Waals surface area contributed by atoms with Gasteiger partial charge < -0.3 is 66.0 Å². The highest BCUT2D eigenvalue weighted by Crippen LogP contribution is 2.26. The van der Waals surface area contributed by atoms with Crippen LogP contribution in [-0.4, -0.2) is 119 Å². The van der Waals surface area contributed by atoms with Crippen LogP contribution in [0.3, 0.4) is 0 Å². The molecular weight excluding hydrogens is 1000 g/mol. The Hall–Kier alpha value is -8.25. The predicted octanol–water partition coefficient (Wildman–Crippen LogP) is -0.532. The van der Waals surface area contributed by atoms with E-state index >= 15 is 0 Å². The third-order valence-electron chi connectivity index (χ3n) is 13.1. The molecule has 0 radical (unpaired) electrons. The molecule has 1 saturated heterocycles. The lowest BCUT2D eigenvalue weighted by Crippen LogP contribution is -2.58. The van der Waals surface area contributed by atoms with E-state index in [-0.39, 0.29) is 108 Å². The van der Waals surface area contributed by atoms with Crippen molar-refractivity contribution in [3.05, 3.63) is 71.7 Å². The van der Waals surface area contributed by atoms with Gasteiger partial charge in [-0.25, -0.2) is 4.39 Å². The number of hydrogen-bond donors (Lipinski definition) is 12. The Morgan fingerprint density at radius 1 is 0.714 bits per heavy atom. The number of hydrogen-bond acceptors (Lipinski definition) is 12. The van der Waals surface area contributed by atoms with Crippen LogP contribution in [0.15, 0.2) is 64.7 Å². The summed E-state index contributed by atoms with van der Waals surface area (Å²) in [4.78, 5) is 148. The predicted molar refractivity (Wildman–Crippen MR) is 284 cm³/mol. The molecule has 418 valence electrons. The molecule has 77 heavy (non-hydrogen) atoms. The summed E-state index contributed by atoms with van der Waals surface area (Å²) in [6.45, 7) is 1.34. The minimum atomic E-state index is -1.60. The smallest absolute Gasteiger partial charge is 0.243 e. The summed E-state index contributed by atoms with van der Waals surface area (Å²) in [5.41, 5.74) is 35.2. The minimum Gasteiger partial charge on any atom is -0.370 e. The Morgan fingerprint density at radius 3 is 2.04 bits per heavy atom. The Labute approximate surface area is 445 Å². The summed E-state index contributed by atoms with van der Waals surface area (Å²) in [5, 5.41) is 13.8. The van der Waals surface area contributed by atoms with Gasteiger partial charge in [0.15, 0.2) is 17.7 Å². The average Bonchev–Trinajstić information content (AvgIpc) is 3.78. The van der Waals surface area contributed by atoms with Crippen LogP contribution in [0.25, 0.3) is 10.9 Å². The Balaban J connectivity index is 1.80. The van der Waals surface area contributed by atoms with Gasteiger partial charge in [-0.05, 0) is 93.5 Å². The molecule has 25 heteroatoms. The van der Waals surface area contributed by atoms with E-state index in [4.69, 9.17) is 34.4 Å². The first-order valence-corrected chi connectivity index (χ1v) is 25.6. The van der Waals surface area contributed by atoms with Crippen molar-refractivity contribution in [2.45, 2.75) is 140 Å². The molecule has 1 aliphatic rings. The molecular formula is C52H73FN14O10. The van der Waals surface area contributed by atoms with Gasteiger partial charge in [-0.2, -0.15) is 0 Å². The third-order valence-corrected chi connectivity index (χ3v) is 13.1. The number of rotatable bonds is 19. The van der Waals surface area contributed by atoms with Crippen molar-refractivity contribution in [2.75, 3.05) is 13.1 Å². The number of nitrogens with one attached hydrogen (secondary N) is 6. The van der Waals surface area contributed by atoms with Crippen LogP contribution in [-0.2, 0) is 60.8 Å². The summed E-state index contributed by atoms with van der Waals surface area (Å²) < 4.78 is 14.2. The number of primary amides is 2. The number of carbonyl (C=O) groups is 10. The number of aromatic amines is 1. The lowest BCUT2D eigenvalue weighted by Gasteiger charge is -2.27. The standard InChI is InChI=1S/C52H73FN14O10/c1-29(68)63-39(13-7-23-61-52(58)59)48(75)65-40-19-18-35(69)9-2-4-12-38(46(55)73)64-47(74)32(25-33-28-62-37-11-5-3-10-36(33)37)27-43(70)31(8-6-22-60-51(56)57)26-44(71)42(24-30-14-16-34(53)17-15-30)67-50(77)41(66-49(40)76)20-21-45(54)72/h3,5,10-11,14-17,28,31-32,38-42,62H,2,4,6-9,12-13,18-27H2,1H3,(H2,54,72)(H2,55,73)(H,63,68)(H,64,74)(H,65,75)(H,66,76)(H,67,77)(H4,56,57,60)(H4,58,59,61)/t31-,32-,38+,39+,40+,41+,42-/m1/s1. The van der Waals surface area contributed by atoms with E-state index in [1.807, 2.05) is 24.3 Å². The SMILES string of the molecule is CC(=O)N[C@@H](CCCN=C(N)N)C(=O)N[C@H]1CCC(=O)CCCC[C@@H](C(N)=O)NC(=O)[C@H](Cc2c[nH]c3ccccc23)CC(=O)[C@H](CCCN=C(N)N)CC(=O)[C@@H](Cc2ccc(F)cc2)NC(=O)[C@H](CCC(N)=O)NC1=O. The van der Waals surface area contributed by atoms with Gasteiger partial charge in [-0.15, -0.1) is 0 Å². The maximum atomic E-state index is 14.8. The molecule has 0 aliphatic carbocycles.